The van der Waals surface area contributed by atoms with Gasteiger partial charge in [-0.15, -0.1) is 0 Å². The van der Waals surface area contributed by atoms with Crippen molar-refractivity contribution < 1.29 is 23.5 Å². The number of aromatic nitrogens is 2. The van der Waals surface area contributed by atoms with Gasteiger partial charge < -0.3 is 18.6 Å². The molecule has 0 fully saturated rings. The van der Waals surface area contributed by atoms with Crippen molar-refractivity contribution in [1.82, 2.24) is 14.5 Å². The van der Waals surface area contributed by atoms with Crippen LogP contribution in [0.4, 0.5) is 0 Å². The summed E-state index contributed by atoms with van der Waals surface area (Å²) in [7, 11) is 3.00. The van der Waals surface area contributed by atoms with E-state index in [1.165, 1.54) is 18.3 Å². The van der Waals surface area contributed by atoms with Crippen LogP contribution < -0.4 is 0 Å². The second kappa shape index (κ2) is 8.77. The molecule has 0 aliphatic rings. The summed E-state index contributed by atoms with van der Waals surface area (Å²) in [6, 6.07) is 6.76. The van der Waals surface area contributed by atoms with E-state index in [9.17, 15) is 14.4 Å². The molecule has 0 atom stereocenters. The van der Waals surface area contributed by atoms with Crippen molar-refractivity contribution in [2.75, 3.05) is 13.7 Å². The van der Waals surface area contributed by atoms with E-state index in [0.717, 1.165) is 5.56 Å². The van der Waals surface area contributed by atoms with Crippen molar-refractivity contribution in [3.63, 3.8) is 0 Å². The number of hydrogen-bond donors (Lipinski definition) is 0. The lowest BCUT2D eigenvalue weighted by molar-refractivity contribution is 0.0588. The topological polar surface area (TPSA) is 94.6 Å². The molecule has 0 unspecified atom stereocenters. The molecule has 3 rings (SSSR count). The van der Waals surface area contributed by atoms with Crippen molar-refractivity contribution >= 4 is 17.7 Å². The number of carbonyl (C=O) groups is 3. The summed E-state index contributed by atoms with van der Waals surface area (Å²) in [4.78, 5) is 43.8. The second-order valence-electron chi connectivity index (χ2n) is 6.91. The quantitative estimate of drug-likeness (QED) is 0.440. The highest BCUT2D eigenvalue weighted by Gasteiger charge is 2.28. The molecule has 0 bridgehead atoms. The number of pyridine rings is 1. The van der Waals surface area contributed by atoms with Gasteiger partial charge in [0.05, 0.1) is 19.9 Å². The maximum absolute atomic E-state index is 13.2. The second-order valence-corrected chi connectivity index (χ2v) is 6.91. The minimum Gasteiger partial charge on any atom is -0.464 e. The van der Waals surface area contributed by atoms with Gasteiger partial charge in [0.1, 0.15) is 5.69 Å². The van der Waals surface area contributed by atoms with Crippen LogP contribution in [0.2, 0.25) is 0 Å². The van der Waals surface area contributed by atoms with Crippen LogP contribution in [-0.4, -0.2) is 45.8 Å². The Kier molecular flexibility index (Phi) is 6.15. The van der Waals surface area contributed by atoms with E-state index in [-0.39, 0.29) is 24.6 Å². The Balaban J connectivity index is 1.94. The fourth-order valence-corrected chi connectivity index (χ4v) is 3.49. The van der Waals surface area contributed by atoms with Crippen LogP contribution >= 0.6 is 0 Å². The molecular formula is C22H23N3O5. The summed E-state index contributed by atoms with van der Waals surface area (Å²) >= 11 is 0. The van der Waals surface area contributed by atoms with Gasteiger partial charge in [-0.3, -0.25) is 14.6 Å². The summed E-state index contributed by atoms with van der Waals surface area (Å²) in [6.07, 6.45) is 4.69. The van der Waals surface area contributed by atoms with Crippen molar-refractivity contribution in [2.45, 2.75) is 20.4 Å². The lowest BCUT2D eigenvalue weighted by atomic mass is 10.0. The van der Waals surface area contributed by atoms with E-state index in [0.29, 0.717) is 22.5 Å². The molecule has 3 aromatic rings. The Morgan fingerprint density at radius 2 is 1.97 bits per heavy atom. The first-order valence-corrected chi connectivity index (χ1v) is 9.34. The zero-order valence-electron chi connectivity index (χ0n) is 17.3. The Labute approximate surface area is 174 Å². The lowest BCUT2D eigenvalue weighted by Gasteiger charge is -2.21. The zero-order chi connectivity index (χ0) is 21.8. The van der Waals surface area contributed by atoms with Crippen LogP contribution in [0.5, 0.6) is 0 Å². The number of furan rings is 1. The normalized spacial score (nSPS) is 10.7. The summed E-state index contributed by atoms with van der Waals surface area (Å²) in [5, 5.41) is 0. The molecule has 0 aromatic carbocycles. The van der Waals surface area contributed by atoms with E-state index in [4.69, 9.17) is 9.15 Å². The number of rotatable bonds is 7. The minimum absolute atomic E-state index is 0.142. The van der Waals surface area contributed by atoms with Gasteiger partial charge in [0.25, 0.3) is 5.91 Å². The number of ketones is 1. The van der Waals surface area contributed by atoms with Crippen LogP contribution in [-0.2, 0) is 18.3 Å². The number of amides is 1. The van der Waals surface area contributed by atoms with Crippen molar-refractivity contribution in [2.24, 2.45) is 7.05 Å². The molecule has 0 N–H and O–H groups in total. The fourth-order valence-electron chi connectivity index (χ4n) is 3.49. The van der Waals surface area contributed by atoms with Crippen LogP contribution in [0.25, 0.3) is 0 Å². The van der Waals surface area contributed by atoms with E-state index in [1.807, 2.05) is 6.07 Å². The number of nitrogens with zero attached hydrogens (tertiary/aromatic N) is 3. The Bertz CT molecular complexity index is 1070. The Morgan fingerprint density at radius 3 is 2.57 bits per heavy atom. The predicted octanol–water partition coefficient (Wildman–Crippen LogP) is 2.94. The molecule has 0 aliphatic heterocycles. The number of esters is 1. The zero-order valence-corrected chi connectivity index (χ0v) is 17.3. The molecule has 0 aliphatic carbocycles. The lowest BCUT2D eigenvalue weighted by Crippen LogP contribution is -2.35. The van der Waals surface area contributed by atoms with Crippen LogP contribution in [0.1, 0.15) is 48.2 Å². The molecule has 8 heteroatoms. The largest absolute Gasteiger partial charge is 0.464 e. The van der Waals surface area contributed by atoms with Gasteiger partial charge in [-0.05, 0) is 43.2 Å². The molecule has 8 nitrogen and oxygen atoms in total. The maximum Gasteiger partial charge on any atom is 0.354 e. The van der Waals surface area contributed by atoms with Gasteiger partial charge in [-0.25, -0.2) is 4.79 Å². The summed E-state index contributed by atoms with van der Waals surface area (Å²) < 4.78 is 11.7. The Morgan fingerprint density at radius 1 is 1.20 bits per heavy atom. The first-order chi connectivity index (χ1) is 14.3. The molecule has 3 aromatic heterocycles. The summed E-state index contributed by atoms with van der Waals surface area (Å²) in [6.45, 7) is 3.47. The van der Waals surface area contributed by atoms with Crippen LogP contribution in [0.15, 0.2) is 47.3 Å². The summed E-state index contributed by atoms with van der Waals surface area (Å²) in [5.41, 5.74) is 2.65. The maximum atomic E-state index is 13.2. The van der Waals surface area contributed by atoms with Crippen molar-refractivity contribution in [1.29, 1.82) is 0 Å². The first-order valence-electron chi connectivity index (χ1n) is 9.34. The first kappa shape index (κ1) is 21.0. The van der Waals surface area contributed by atoms with E-state index in [1.54, 1.807) is 56.1 Å². The van der Waals surface area contributed by atoms with Gasteiger partial charge in [-0.2, -0.15) is 0 Å². The van der Waals surface area contributed by atoms with Crippen molar-refractivity contribution in [3.8, 4) is 0 Å². The third-order valence-electron chi connectivity index (χ3n) is 5.04. The van der Waals surface area contributed by atoms with Crippen molar-refractivity contribution in [3.05, 3.63) is 76.8 Å². The molecule has 0 saturated heterocycles. The van der Waals surface area contributed by atoms with Gasteiger partial charge in [-0.1, -0.05) is 6.07 Å². The number of ether oxygens (including phenoxy) is 1. The molecule has 0 spiro atoms. The van der Waals surface area contributed by atoms with E-state index >= 15 is 0 Å². The molecule has 1 amide bonds. The molecule has 0 saturated carbocycles. The predicted molar refractivity (Wildman–Crippen MR) is 108 cm³/mol. The molecule has 3 heterocycles. The minimum atomic E-state index is -0.518. The monoisotopic (exact) mass is 409 g/mol. The third-order valence-corrected chi connectivity index (χ3v) is 5.04. The molecule has 30 heavy (non-hydrogen) atoms. The highest BCUT2D eigenvalue weighted by molar-refractivity contribution is 6.05. The average Bonchev–Trinajstić information content (AvgIpc) is 3.35. The Hall–Kier alpha value is -3.68. The fraction of sp³-hybridized carbons (Fsp3) is 0.273. The summed E-state index contributed by atoms with van der Waals surface area (Å²) in [5.74, 6) is -1.06. The van der Waals surface area contributed by atoms with Crippen LogP contribution in [0, 0.1) is 13.8 Å². The highest BCUT2D eigenvalue weighted by Crippen LogP contribution is 2.23. The number of hydrogen-bond acceptors (Lipinski definition) is 6. The van der Waals surface area contributed by atoms with Gasteiger partial charge in [0, 0.05) is 37.2 Å². The molecule has 156 valence electrons. The van der Waals surface area contributed by atoms with Crippen LogP contribution in [0.3, 0.4) is 0 Å². The highest BCUT2D eigenvalue weighted by atomic mass is 16.5. The number of methoxy groups -OCH3 is 1. The number of Topliss-reactive ketones (excluding diaryl/α,β-unsaturated/α-hetero) is 1. The van der Waals surface area contributed by atoms with E-state index < -0.39 is 11.9 Å². The molecular weight excluding hydrogens is 386 g/mol. The smallest absolute Gasteiger partial charge is 0.354 e. The van der Waals surface area contributed by atoms with E-state index in [2.05, 4.69) is 4.98 Å². The average molecular weight is 409 g/mol. The SMILES string of the molecule is COC(=O)c1c(C)c(C(=O)CN(Cc2cccnc2)C(=O)c2ccco2)c(C)n1C. The third kappa shape index (κ3) is 4.03. The van der Waals surface area contributed by atoms with Gasteiger partial charge in [0.2, 0.25) is 0 Å². The standard InChI is InChI=1S/C22H23N3O5/c1-14-19(15(2)24(3)20(14)22(28)29-4)17(26)13-25(12-16-7-5-9-23-11-16)21(27)18-8-6-10-30-18/h5-11H,12-13H2,1-4H3. The molecule has 0 radical (unpaired) electrons. The van der Waals surface area contributed by atoms with Gasteiger partial charge in [0.15, 0.2) is 11.5 Å². The van der Waals surface area contributed by atoms with Gasteiger partial charge >= 0.3 is 5.97 Å². The number of carbonyl (C=O) groups excluding carboxylic acids is 3.